The third kappa shape index (κ3) is 3.85. The third-order valence-corrected chi connectivity index (χ3v) is 5.45. The van der Waals surface area contributed by atoms with Gasteiger partial charge in [0.25, 0.3) is 0 Å². The number of likely N-dealkylation sites (tertiary alicyclic amines) is 1. The van der Waals surface area contributed by atoms with E-state index in [1.807, 2.05) is 44.7 Å². The first-order valence-corrected chi connectivity index (χ1v) is 9.29. The molecule has 130 valence electrons. The number of amides is 1. The maximum absolute atomic E-state index is 12.5. The molecule has 0 aromatic rings. The molecule has 3 unspecified atom stereocenters. The van der Waals surface area contributed by atoms with Crippen molar-refractivity contribution >= 4 is 11.7 Å². The molecule has 3 atom stereocenters. The minimum Gasteiger partial charge on any atom is -0.342 e. The van der Waals surface area contributed by atoms with Gasteiger partial charge < -0.3 is 10.2 Å². The van der Waals surface area contributed by atoms with E-state index in [1.54, 1.807) is 0 Å². The summed E-state index contributed by atoms with van der Waals surface area (Å²) in [6.45, 7) is 11.5. The number of allylic oxidation sites excluding steroid dienone is 2. The molecule has 0 spiro atoms. The molecular weight excluding hydrogens is 288 g/mol. The minimum absolute atomic E-state index is 0.0270. The summed E-state index contributed by atoms with van der Waals surface area (Å²) in [7, 11) is 0. The van der Waals surface area contributed by atoms with E-state index in [4.69, 9.17) is 0 Å². The Hall–Kier alpha value is -1.16. The van der Waals surface area contributed by atoms with Crippen molar-refractivity contribution in [2.75, 3.05) is 26.2 Å². The van der Waals surface area contributed by atoms with Gasteiger partial charge >= 0.3 is 0 Å². The second kappa shape index (κ2) is 8.09. The van der Waals surface area contributed by atoms with Crippen molar-refractivity contribution in [3.63, 3.8) is 0 Å². The van der Waals surface area contributed by atoms with Crippen molar-refractivity contribution in [2.24, 2.45) is 29.6 Å². The molecule has 0 aromatic heterocycles. The number of fused-ring (bicyclic) bond motifs is 1. The predicted molar refractivity (Wildman–Crippen MR) is 93.0 cm³/mol. The Morgan fingerprint density at radius 1 is 1.13 bits per heavy atom. The highest BCUT2D eigenvalue weighted by atomic mass is 16.2. The summed E-state index contributed by atoms with van der Waals surface area (Å²) in [6.07, 6.45) is 5.86. The minimum atomic E-state index is 0.0270. The summed E-state index contributed by atoms with van der Waals surface area (Å²) in [5.74, 6) is 2.03. The molecule has 3 fully saturated rings. The van der Waals surface area contributed by atoms with Gasteiger partial charge in [0.05, 0.1) is 0 Å². The van der Waals surface area contributed by atoms with Crippen LogP contribution in [0.4, 0.5) is 0 Å². The summed E-state index contributed by atoms with van der Waals surface area (Å²) in [4.78, 5) is 26.8. The molecule has 1 aliphatic carbocycles. The second-order valence-corrected chi connectivity index (χ2v) is 6.84. The van der Waals surface area contributed by atoms with E-state index >= 15 is 0 Å². The molecule has 3 aliphatic rings. The number of carbonyl (C=O) groups excluding carboxylic acids is 2. The van der Waals surface area contributed by atoms with Crippen LogP contribution in [-0.4, -0.2) is 42.8 Å². The largest absolute Gasteiger partial charge is 0.342 e. The van der Waals surface area contributed by atoms with E-state index in [2.05, 4.69) is 5.32 Å². The van der Waals surface area contributed by atoms with Crippen LogP contribution in [0.15, 0.2) is 12.2 Å². The van der Waals surface area contributed by atoms with Gasteiger partial charge in [-0.2, -0.15) is 0 Å². The number of piperidine rings is 2. The molecule has 4 heteroatoms. The lowest BCUT2D eigenvalue weighted by Crippen LogP contribution is -2.41. The van der Waals surface area contributed by atoms with E-state index in [-0.39, 0.29) is 17.8 Å². The molecule has 2 heterocycles. The average molecular weight is 320 g/mol. The van der Waals surface area contributed by atoms with E-state index < -0.39 is 0 Å². The second-order valence-electron chi connectivity index (χ2n) is 6.84. The topological polar surface area (TPSA) is 49.4 Å². The van der Waals surface area contributed by atoms with E-state index in [0.29, 0.717) is 23.5 Å². The highest BCUT2D eigenvalue weighted by Gasteiger charge is 2.60. The lowest BCUT2D eigenvalue weighted by atomic mass is 9.95. The molecule has 3 rings (SSSR count). The van der Waals surface area contributed by atoms with Gasteiger partial charge in [-0.25, -0.2) is 0 Å². The maximum Gasteiger partial charge on any atom is 0.225 e. The molecule has 1 amide bonds. The Balaban J connectivity index is 0.000000924. The zero-order valence-electron chi connectivity index (χ0n) is 15.0. The Morgan fingerprint density at radius 3 is 2.22 bits per heavy atom. The van der Waals surface area contributed by atoms with Crippen LogP contribution >= 0.6 is 0 Å². The van der Waals surface area contributed by atoms with Crippen LogP contribution in [0.5, 0.6) is 0 Å². The van der Waals surface area contributed by atoms with Crippen LogP contribution < -0.4 is 5.32 Å². The van der Waals surface area contributed by atoms with Gasteiger partial charge in [0, 0.05) is 30.8 Å². The van der Waals surface area contributed by atoms with Crippen LogP contribution in [0, 0.1) is 29.6 Å². The number of nitrogens with zero attached hydrogens (tertiary/aromatic N) is 1. The molecule has 2 saturated heterocycles. The Labute approximate surface area is 140 Å². The first-order valence-electron chi connectivity index (χ1n) is 9.29. The number of rotatable bonds is 4. The Morgan fingerprint density at radius 2 is 1.70 bits per heavy atom. The molecule has 0 aromatic carbocycles. The monoisotopic (exact) mass is 320 g/mol. The number of Topliss-reactive ketones (excluding diaryl/α,β-unsaturated/α-hetero) is 1. The first kappa shape index (κ1) is 18.2. The van der Waals surface area contributed by atoms with Crippen molar-refractivity contribution in [3.05, 3.63) is 12.2 Å². The van der Waals surface area contributed by atoms with E-state index in [9.17, 15) is 9.59 Å². The SMILES string of the molecule is C/C=C/C(C)C(=O)C1C2CN(C(=O)C3CCNCC3)CC21.CC. The van der Waals surface area contributed by atoms with Crippen molar-refractivity contribution in [1.29, 1.82) is 0 Å². The number of carbonyl (C=O) groups is 2. The lowest BCUT2D eigenvalue weighted by Gasteiger charge is -2.28. The van der Waals surface area contributed by atoms with Crippen LogP contribution in [0.3, 0.4) is 0 Å². The normalized spacial score (nSPS) is 31.3. The van der Waals surface area contributed by atoms with Crippen molar-refractivity contribution in [2.45, 2.75) is 40.5 Å². The van der Waals surface area contributed by atoms with Gasteiger partial charge in [0.2, 0.25) is 5.91 Å². The highest BCUT2D eigenvalue weighted by molar-refractivity contribution is 5.89. The number of ketones is 1. The maximum atomic E-state index is 12.5. The number of hydrogen-bond donors (Lipinski definition) is 1. The summed E-state index contributed by atoms with van der Waals surface area (Å²) in [5.41, 5.74) is 0. The van der Waals surface area contributed by atoms with Gasteiger partial charge in [0.1, 0.15) is 5.78 Å². The van der Waals surface area contributed by atoms with Gasteiger partial charge in [-0.3, -0.25) is 9.59 Å². The Bertz CT molecular complexity index is 442. The van der Waals surface area contributed by atoms with Crippen LogP contribution in [0.1, 0.15) is 40.5 Å². The predicted octanol–water partition coefficient (Wildman–Crippen LogP) is 2.50. The van der Waals surface area contributed by atoms with Gasteiger partial charge in [0.15, 0.2) is 0 Å². The van der Waals surface area contributed by atoms with Crippen LogP contribution in [0.25, 0.3) is 0 Å². The van der Waals surface area contributed by atoms with Gasteiger partial charge in [-0.1, -0.05) is 32.9 Å². The fraction of sp³-hybridized carbons (Fsp3) is 0.789. The van der Waals surface area contributed by atoms with Crippen molar-refractivity contribution in [3.8, 4) is 0 Å². The standard InChI is InChI=1S/C17H26N2O2.C2H6/c1-3-4-11(2)16(20)15-13-9-19(10-14(13)15)17(21)12-5-7-18-8-6-12;1-2/h3-4,11-15,18H,5-10H2,1-2H3;1-2H3/b4-3+;. The summed E-state index contributed by atoms with van der Waals surface area (Å²) in [5, 5.41) is 3.30. The van der Waals surface area contributed by atoms with Crippen molar-refractivity contribution < 1.29 is 9.59 Å². The molecule has 4 nitrogen and oxygen atoms in total. The van der Waals surface area contributed by atoms with Crippen molar-refractivity contribution in [1.82, 2.24) is 10.2 Å². The number of hydrogen-bond acceptors (Lipinski definition) is 3. The summed E-state index contributed by atoms with van der Waals surface area (Å²) >= 11 is 0. The molecule has 0 radical (unpaired) electrons. The van der Waals surface area contributed by atoms with E-state index in [1.165, 1.54) is 0 Å². The summed E-state index contributed by atoms with van der Waals surface area (Å²) < 4.78 is 0. The average Bonchev–Trinajstić information content (AvgIpc) is 3.09. The highest BCUT2D eigenvalue weighted by Crippen LogP contribution is 2.53. The molecule has 1 N–H and O–H groups in total. The van der Waals surface area contributed by atoms with Gasteiger partial charge in [-0.15, -0.1) is 0 Å². The quantitative estimate of drug-likeness (QED) is 0.810. The zero-order valence-corrected chi connectivity index (χ0v) is 15.0. The molecule has 23 heavy (non-hydrogen) atoms. The first-order chi connectivity index (χ1) is 11.1. The van der Waals surface area contributed by atoms with Gasteiger partial charge in [-0.05, 0) is 44.7 Å². The zero-order chi connectivity index (χ0) is 17.0. The molecule has 2 aliphatic heterocycles. The fourth-order valence-corrected chi connectivity index (χ4v) is 4.14. The molecule has 0 bridgehead atoms. The summed E-state index contributed by atoms with van der Waals surface area (Å²) in [6, 6.07) is 0. The number of nitrogens with one attached hydrogen (secondary N) is 1. The lowest BCUT2D eigenvalue weighted by molar-refractivity contribution is -0.136. The smallest absolute Gasteiger partial charge is 0.225 e. The fourth-order valence-electron chi connectivity index (χ4n) is 4.14. The molecule has 1 saturated carbocycles. The molecular formula is C19H32N2O2. The van der Waals surface area contributed by atoms with Crippen LogP contribution in [-0.2, 0) is 9.59 Å². The van der Waals surface area contributed by atoms with E-state index in [0.717, 1.165) is 39.0 Å². The third-order valence-electron chi connectivity index (χ3n) is 5.45. The Kier molecular flexibility index (Phi) is 6.40. The van der Waals surface area contributed by atoms with Crippen LogP contribution in [0.2, 0.25) is 0 Å².